The number of para-hydroxylation sites is 1. The van der Waals surface area contributed by atoms with Crippen LogP contribution in [-0.4, -0.2) is 41.3 Å². The molecule has 1 saturated heterocycles. The van der Waals surface area contributed by atoms with E-state index in [4.69, 9.17) is 11.6 Å². The maximum absolute atomic E-state index is 6.22. The smallest absolute Gasteiger partial charge is 0.0841 e. The Morgan fingerprint density at radius 2 is 1.79 bits per heavy atom. The molecular formula is C19H21ClN4. The molecule has 124 valence electrons. The molecule has 0 aliphatic carbocycles. The van der Waals surface area contributed by atoms with Gasteiger partial charge in [-0.2, -0.15) is 5.10 Å². The molecule has 5 heteroatoms. The van der Waals surface area contributed by atoms with Gasteiger partial charge in [0.15, 0.2) is 0 Å². The summed E-state index contributed by atoms with van der Waals surface area (Å²) in [6, 6.07) is 14.8. The number of aryl methyl sites for hydroxylation is 1. The standard InChI is InChI=1S/C19H21ClN4/c1-14-5-7-15(8-6-14)24-11-9-23(10-12-24)13-18-16-3-2-4-17(20)19(16)22-21-18/h2-8H,9-13H2,1H3,(H,21,22). The molecule has 0 radical (unpaired) electrons. The van der Waals surface area contributed by atoms with Crippen LogP contribution in [0.4, 0.5) is 5.69 Å². The number of aromatic amines is 1. The highest BCUT2D eigenvalue weighted by Gasteiger charge is 2.19. The molecule has 0 saturated carbocycles. The van der Waals surface area contributed by atoms with Gasteiger partial charge in [-0.05, 0) is 25.1 Å². The summed E-state index contributed by atoms with van der Waals surface area (Å²) in [4.78, 5) is 4.91. The van der Waals surface area contributed by atoms with Crippen molar-refractivity contribution in [1.29, 1.82) is 0 Å². The van der Waals surface area contributed by atoms with E-state index in [0.717, 1.165) is 54.3 Å². The van der Waals surface area contributed by atoms with E-state index < -0.39 is 0 Å². The number of hydrogen-bond acceptors (Lipinski definition) is 3. The summed E-state index contributed by atoms with van der Waals surface area (Å²) >= 11 is 6.22. The minimum absolute atomic E-state index is 0.732. The van der Waals surface area contributed by atoms with Crippen molar-refractivity contribution in [1.82, 2.24) is 15.1 Å². The molecule has 4 rings (SSSR count). The normalized spacial score (nSPS) is 16.0. The molecule has 3 aromatic rings. The first-order valence-corrected chi connectivity index (χ1v) is 8.74. The minimum Gasteiger partial charge on any atom is -0.369 e. The van der Waals surface area contributed by atoms with E-state index in [9.17, 15) is 0 Å². The zero-order valence-corrected chi connectivity index (χ0v) is 14.6. The van der Waals surface area contributed by atoms with Gasteiger partial charge in [0.2, 0.25) is 0 Å². The zero-order valence-electron chi connectivity index (χ0n) is 13.8. The molecule has 1 N–H and O–H groups in total. The summed E-state index contributed by atoms with van der Waals surface area (Å²) < 4.78 is 0. The summed E-state index contributed by atoms with van der Waals surface area (Å²) in [5, 5.41) is 9.40. The van der Waals surface area contributed by atoms with Gasteiger partial charge >= 0.3 is 0 Å². The predicted molar refractivity (Wildman–Crippen MR) is 99.8 cm³/mol. The van der Waals surface area contributed by atoms with Crippen LogP contribution in [0.3, 0.4) is 0 Å². The second-order valence-corrected chi connectivity index (χ2v) is 6.84. The summed E-state index contributed by atoms with van der Waals surface area (Å²) in [5.74, 6) is 0. The summed E-state index contributed by atoms with van der Waals surface area (Å²) in [6.07, 6.45) is 0. The van der Waals surface area contributed by atoms with Crippen LogP contribution in [0.2, 0.25) is 5.02 Å². The third-order valence-electron chi connectivity index (χ3n) is 4.77. The molecule has 0 spiro atoms. The van der Waals surface area contributed by atoms with Gasteiger partial charge in [0, 0.05) is 43.8 Å². The van der Waals surface area contributed by atoms with E-state index in [1.165, 1.54) is 11.3 Å². The number of halogens is 1. The molecule has 2 aromatic carbocycles. The van der Waals surface area contributed by atoms with Crippen molar-refractivity contribution in [3.05, 3.63) is 58.7 Å². The fourth-order valence-corrected chi connectivity index (χ4v) is 3.53. The van der Waals surface area contributed by atoms with Gasteiger partial charge < -0.3 is 4.90 Å². The third kappa shape index (κ3) is 2.99. The number of hydrogen-bond donors (Lipinski definition) is 1. The molecule has 1 fully saturated rings. The second-order valence-electron chi connectivity index (χ2n) is 6.43. The van der Waals surface area contributed by atoms with Crippen LogP contribution in [0.1, 0.15) is 11.3 Å². The highest BCUT2D eigenvalue weighted by Crippen LogP contribution is 2.25. The molecule has 1 aliphatic rings. The van der Waals surface area contributed by atoms with Crippen LogP contribution < -0.4 is 4.90 Å². The fraction of sp³-hybridized carbons (Fsp3) is 0.316. The molecule has 4 nitrogen and oxygen atoms in total. The van der Waals surface area contributed by atoms with E-state index in [2.05, 4.69) is 57.3 Å². The first-order chi connectivity index (χ1) is 11.7. The molecule has 0 unspecified atom stereocenters. The summed E-state index contributed by atoms with van der Waals surface area (Å²) in [6.45, 7) is 7.17. The van der Waals surface area contributed by atoms with Crippen LogP contribution in [0.25, 0.3) is 10.9 Å². The Morgan fingerprint density at radius 3 is 2.54 bits per heavy atom. The molecule has 24 heavy (non-hydrogen) atoms. The van der Waals surface area contributed by atoms with Crippen molar-refractivity contribution in [2.24, 2.45) is 0 Å². The highest BCUT2D eigenvalue weighted by atomic mass is 35.5. The molecule has 1 aliphatic heterocycles. The lowest BCUT2D eigenvalue weighted by molar-refractivity contribution is 0.248. The molecule has 0 atom stereocenters. The SMILES string of the molecule is Cc1ccc(N2CCN(Cc3n[nH]c4c(Cl)cccc34)CC2)cc1. The molecule has 1 aromatic heterocycles. The summed E-state index contributed by atoms with van der Waals surface area (Å²) in [7, 11) is 0. The number of H-pyrrole nitrogens is 1. The number of anilines is 1. The van der Waals surface area contributed by atoms with Gasteiger partial charge in [-0.25, -0.2) is 0 Å². The van der Waals surface area contributed by atoms with Crippen molar-refractivity contribution < 1.29 is 0 Å². The maximum atomic E-state index is 6.22. The Labute approximate surface area is 147 Å². The van der Waals surface area contributed by atoms with Crippen molar-refractivity contribution in [2.45, 2.75) is 13.5 Å². The van der Waals surface area contributed by atoms with Gasteiger partial charge in [-0.1, -0.05) is 41.4 Å². The summed E-state index contributed by atoms with van der Waals surface area (Å²) in [5.41, 5.74) is 4.64. The zero-order chi connectivity index (χ0) is 16.5. The maximum Gasteiger partial charge on any atom is 0.0841 e. The molecule has 0 amide bonds. The Kier molecular flexibility index (Phi) is 4.17. The van der Waals surface area contributed by atoms with Crippen molar-refractivity contribution in [2.75, 3.05) is 31.1 Å². The quantitative estimate of drug-likeness (QED) is 0.786. The van der Waals surface area contributed by atoms with Crippen molar-refractivity contribution >= 4 is 28.2 Å². The van der Waals surface area contributed by atoms with E-state index in [1.54, 1.807) is 0 Å². The van der Waals surface area contributed by atoms with Gasteiger partial charge in [0.1, 0.15) is 0 Å². The number of benzene rings is 2. The topological polar surface area (TPSA) is 35.2 Å². The Hall–Kier alpha value is -2.04. The van der Waals surface area contributed by atoms with Gasteiger partial charge in [-0.3, -0.25) is 10.00 Å². The number of piperazine rings is 1. The minimum atomic E-state index is 0.732. The Morgan fingerprint density at radius 1 is 1.04 bits per heavy atom. The lowest BCUT2D eigenvalue weighted by atomic mass is 10.1. The predicted octanol–water partition coefficient (Wildman–Crippen LogP) is 3.85. The molecular weight excluding hydrogens is 320 g/mol. The third-order valence-corrected chi connectivity index (χ3v) is 5.09. The highest BCUT2D eigenvalue weighted by molar-refractivity contribution is 6.35. The average molecular weight is 341 g/mol. The van der Waals surface area contributed by atoms with Crippen LogP contribution in [-0.2, 0) is 6.54 Å². The molecule has 2 heterocycles. The molecule has 0 bridgehead atoms. The van der Waals surface area contributed by atoms with E-state index >= 15 is 0 Å². The lowest BCUT2D eigenvalue weighted by Gasteiger charge is -2.35. The second kappa shape index (κ2) is 6.46. The van der Waals surface area contributed by atoms with Crippen molar-refractivity contribution in [3.8, 4) is 0 Å². The van der Waals surface area contributed by atoms with Crippen LogP contribution in [0.15, 0.2) is 42.5 Å². The number of fused-ring (bicyclic) bond motifs is 1. The number of nitrogens with one attached hydrogen (secondary N) is 1. The van der Waals surface area contributed by atoms with E-state index in [0.29, 0.717) is 0 Å². The van der Waals surface area contributed by atoms with Crippen LogP contribution in [0, 0.1) is 6.92 Å². The number of nitrogens with zero attached hydrogens (tertiary/aromatic N) is 3. The van der Waals surface area contributed by atoms with E-state index in [1.807, 2.05) is 12.1 Å². The van der Waals surface area contributed by atoms with Crippen LogP contribution in [0.5, 0.6) is 0 Å². The van der Waals surface area contributed by atoms with Crippen molar-refractivity contribution in [3.63, 3.8) is 0 Å². The lowest BCUT2D eigenvalue weighted by Crippen LogP contribution is -2.46. The Bertz CT molecular complexity index is 832. The van der Waals surface area contributed by atoms with E-state index in [-0.39, 0.29) is 0 Å². The Balaban J connectivity index is 1.42. The van der Waals surface area contributed by atoms with Crippen LogP contribution >= 0.6 is 11.6 Å². The fourth-order valence-electron chi connectivity index (χ4n) is 3.31. The van der Waals surface area contributed by atoms with Gasteiger partial charge in [0.25, 0.3) is 0 Å². The van der Waals surface area contributed by atoms with Gasteiger partial charge in [0.05, 0.1) is 16.2 Å². The number of aromatic nitrogens is 2. The average Bonchev–Trinajstić information content (AvgIpc) is 3.01. The first-order valence-electron chi connectivity index (χ1n) is 8.36. The largest absolute Gasteiger partial charge is 0.369 e. The van der Waals surface area contributed by atoms with Gasteiger partial charge in [-0.15, -0.1) is 0 Å². The monoisotopic (exact) mass is 340 g/mol. The first kappa shape index (κ1) is 15.5. The number of rotatable bonds is 3.